The predicted octanol–water partition coefficient (Wildman–Crippen LogP) is 3.56. The number of carbonyl (C=O) groups is 3. The largest absolute Gasteiger partial charge is 0.465 e. The smallest absolute Gasteiger partial charge is 0.327 e. The normalized spacial score (nSPS) is 27.6. The number of amides is 2. The summed E-state index contributed by atoms with van der Waals surface area (Å²) >= 11 is 3.12. The fourth-order valence-electron chi connectivity index (χ4n) is 4.71. The third kappa shape index (κ3) is 3.60. The van der Waals surface area contributed by atoms with Crippen LogP contribution < -0.4 is 10.2 Å². The minimum Gasteiger partial charge on any atom is -0.465 e. The maximum atomic E-state index is 13.7. The van der Waals surface area contributed by atoms with Crippen molar-refractivity contribution in [2.24, 2.45) is 11.8 Å². The summed E-state index contributed by atoms with van der Waals surface area (Å²) in [5, 5.41) is 5.37. The fourth-order valence-corrected chi connectivity index (χ4v) is 6.06. The van der Waals surface area contributed by atoms with Crippen LogP contribution in [0.3, 0.4) is 0 Å². The van der Waals surface area contributed by atoms with Gasteiger partial charge < -0.3 is 4.74 Å². The Morgan fingerprint density at radius 1 is 1.23 bits per heavy atom. The van der Waals surface area contributed by atoms with E-state index in [9.17, 15) is 14.4 Å². The lowest BCUT2D eigenvalue weighted by molar-refractivity contribution is -0.154. The van der Waals surface area contributed by atoms with E-state index in [0.29, 0.717) is 17.9 Å². The number of hydrogen-bond donors (Lipinski definition) is 1. The van der Waals surface area contributed by atoms with Crippen LogP contribution >= 0.6 is 23.1 Å². The standard InChI is InChI=1S/C23H26N2O4S2/c1-4-29-22(28)23(11-13-30-3)18-17(19(24-23)16-6-5-12-31-16)20(26)25(21(18)27)15-9-7-14(2)8-10-15/h5-10,12,17-19,24H,4,11,13H2,1-3H3/t17-,18+,19-,23-/m1/s1. The highest BCUT2D eigenvalue weighted by Gasteiger charge is 2.68. The van der Waals surface area contributed by atoms with Gasteiger partial charge in [0.1, 0.15) is 5.54 Å². The van der Waals surface area contributed by atoms with Crippen LogP contribution in [0, 0.1) is 18.8 Å². The zero-order valence-corrected chi connectivity index (χ0v) is 19.4. The topological polar surface area (TPSA) is 75.7 Å². The van der Waals surface area contributed by atoms with Gasteiger partial charge in [-0.25, -0.2) is 4.90 Å². The van der Waals surface area contributed by atoms with Crippen LogP contribution in [0.4, 0.5) is 5.69 Å². The highest BCUT2D eigenvalue weighted by atomic mass is 32.2. The van der Waals surface area contributed by atoms with Crippen molar-refractivity contribution in [1.82, 2.24) is 5.32 Å². The first kappa shape index (κ1) is 22.0. The summed E-state index contributed by atoms with van der Waals surface area (Å²) in [4.78, 5) is 42.9. The number of aryl methyl sites for hydroxylation is 1. The monoisotopic (exact) mass is 458 g/mol. The summed E-state index contributed by atoms with van der Waals surface area (Å²) in [6.45, 7) is 3.92. The summed E-state index contributed by atoms with van der Waals surface area (Å²) in [5.74, 6) is -1.85. The molecule has 164 valence electrons. The quantitative estimate of drug-likeness (QED) is 0.505. The first-order valence-electron chi connectivity index (χ1n) is 10.4. The summed E-state index contributed by atoms with van der Waals surface area (Å²) in [6.07, 6.45) is 2.37. The van der Waals surface area contributed by atoms with Crippen LogP contribution in [0.1, 0.15) is 29.8 Å². The van der Waals surface area contributed by atoms with E-state index < -0.39 is 29.4 Å². The molecule has 2 aromatic rings. The second-order valence-electron chi connectivity index (χ2n) is 7.92. The average Bonchev–Trinajstić information content (AvgIpc) is 3.45. The van der Waals surface area contributed by atoms with Gasteiger partial charge in [-0.3, -0.25) is 19.7 Å². The van der Waals surface area contributed by atoms with Crippen molar-refractivity contribution in [1.29, 1.82) is 0 Å². The molecule has 0 radical (unpaired) electrons. The molecule has 4 atom stereocenters. The van der Waals surface area contributed by atoms with Gasteiger partial charge in [-0.05, 0) is 55.9 Å². The Balaban J connectivity index is 1.83. The molecular weight excluding hydrogens is 432 g/mol. The Kier molecular flexibility index (Phi) is 6.23. The van der Waals surface area contributed by atoms with E-state index in [-0.39, 0.29) is 18.4 Å². The van der Waals surface area contributed by atoms with Gasteiger partial charge in [0, 0.05) is 4.88 Å². The van der Waals surface area contributed by atoms with Gasteiger partial charge in [0.25, 0.3) is 0 Å². The lowest BCUT2D eigenvalue weighted by atomic mass is 9.78. The van der Waals surface area contributed by atoms with Crippen LogP contribution in [0.15, 0.2) is 41.8 Å². The molecule has 2 aliphatic heterocycles. The zero-order valence-electron chi connectivity index (χ0n) is 17.8. The van der Waals surface area contributed by atoms with E-state index in [0.717, 1.165) is 10.4 Å². The first-order chi connectivity index (χ1) is 14.9. The van der Waals surface area contributed by atoms with Crippen LogP contribution in [-0.4, -0.2) is 41.9 Å². The summed E-state index contributed by atoms with van der Waals surface area (Å²) in [7, 11) is 0. The maximum absolute atomic E-state index is 13.7. The second kappa shape index (κ2) is 8.76. The molecule has 0 spiro atoms. The molecule has 3 heterocycles. The molecule has 0 bridgehead atoms. The van der Waals surface area contributed by atoms with Crippen molar-refractivity contribution in [2.45, 2.75) is 31.8 Å². The maximum Gasteiger partial charge on any atom is 0.327 e. The van der Waals surface area contributed by atoms with E-state index in [1.54, 1.807) is 30.8 Å². The summed E-state index contributed by atoms with van der Waals surface area (Å²) < 4.78 is 5.45. The van der Waals surface area contributed by atoms with Crippen LogP contribution in [0.2, 0.25) is 0 Å². The van der Waals surface area contributed by atoms with Crippen LogP contribution in [0.25, 0.3) is 0 Å². The molecule has 2 aliphatic rings. The van der Waals surface area contributed by atoms with Gasteiger partial charge >= 0.3 is 5.97 Å². The first-order valence-corrected chi connectivity index (χ1v) is 12.6. The van der Waals surface area contributed by atoms with E-state index in [1.807, 2.05) is 42.8 Å². The van der Waals surface area contributed by atoms with E-state index >= 15 is 0 Å². The number of thiophene rings is 1. The van der Waals surface area contributed by atoms with Crippen molar-refractivity contribution in [3.05, 3.63) is 52.2 Å². The SMILES string of the molecule is CCOC(=O)[C@]1(CCSC)N[C@H](c2cccs2)[C@@H]2C(=O)N(c3ccc(C)cc3)C(=O)[C@H]21. The van der Waals surface area contributed by atoms with Crippen molar-refractivity contribution >= 4 is 46.6 Å². The Morgan fingerprint density at radius 2 is 1.97 bits per heavy atom. The zero-order chi connectivity index (χ0) is 22.2. The second-order valence-corrected chi connectivity index (χ2v) is 9.89. The van der Waals surface area contributed by atoms with Crippen LogP contribution in [-0.2, 0) is 19.1 Å². The van der Waals surface area contributed by atoms with Crippen molar-refractivity contribution in [3.63, 3.8) is 0 Å². The molecule has 0 unspecified atom stereocenters. The van der Waals surface area contributed by atoms with E-state index in [1.165, 1.54) is 16.2 Å². The van der Waals surface area contributed by atoms with Crippen molar-refractivity contribution < 1.29 is 19.1 Å². The van der Waals surface area contributed by atoms with Gasteiger partial charge in [0.2, 0.25) is 11.8 Å². The number of benzene rings is 1. The average molecular weight is 459 g/mol. The minimum absolute atomic E-state index is 0.215. The lowest BCUT2D eigenvalue weighted by Gasteiger charge is -2.32. The molecule has 31 heavy (non-hydrogen) atoms. The molecule has 6 nitrogen and oxygen atoms in total. The highest BCUT2D eigenvalue weighted by molar-refractivity contribution is 7.98. The Bertz CT molecular complexity index is 976. The molecule has 0 saturated carbocycles. The van der Waals surface area contributed by atoms with E-state index in [4.69, 9.17) is 4.74 Å². The fraction of sp³-hybridized carbons (Fsp3) is 0.435. The Hall–Kier alpha value is -2.16. The van der Waals surface area contributed by atoms with Crippen molar-refractivity contribution in [3.8, 4) is 0 Å². The number of rotatable bonds is 7. The van der Waals surface area contributed by atoms with Gasteiger partial charge in [0.05, 0.1) is 30.2 Å². The molecular formula is C23H26N2O4S2. The third-order valence-corrected chi connectivity index (χ3v) is 7.70. The number of ether oxygens (including phenoxy) is 1. The molecule has 2 amide bonds. The minimum atomic E-state index is -1.23. The third-order valence-electron chi connectivity index (χ3n) is 6.14. The van der Waals surface area contributed by atoms with Crippen LogP contribution in [0.5, 0.6) is 0 Å². The van der Waals surface area contributed by atoms with Gasteiger partial charge in [-0.2, -0.15) is 11.8 Å². The number of nitrogens with zero attached hydrogens (tertiary/aromatic N) is 1. The Morgan fingerprint density at radius 3 is 2.58 bits per heavy atom. The molecule has 4 rings (SSSR count). The molecule has 1 N–H and O–H groups in total. The number of anilines is 1. The molecule has 8 heteroatoms. The predicted molar refractivity (Wildman–Crippen MR) is 123 cm³/mol. The number of hydrogen-bond acceptors (Lipinski definition) is 7. The van der Waals surface area contributed by atoms with Gasteiger partial charge in [-0.1, -0.05) is 23.8 Å². The summed E-state index contributed by atoms with van der Waals surface area (Å²) in [6, 6.07) is 10.8. The van der Waals surface area contributed by atoms with Gasteiger partial charge in [-0.15, -0.1) is 11.3 Å². The molecule has 1 aromatic heterocycles. The Labute approximate surface area is 190 Å². The van der Waals surface area contributed by atoms with E-state index in [2.05, 4.69) is 5.32 Å². The number of carbonyl (C=O) groups excluding carboxylic acids is 3. The number of nitrogens with one attached hydrogen (secondary N) is 1. The number of esters is 1. The molecule has 2 saturated heterocycles. The van der Waals surface area contributed by atoms with Crippen molar-refractivity contribution in [2.75, 3.05) is 23.5 Å². The number of fused-ring (bicyclic) bond motifs is 1. The molecule has 0 aliphatic carbocycles. The lowest BCUT2D eigenvalue weighted by Crippen LogP contribution is -2.57. The molecule has 2 fully saturated rings. The number of imide groups is 1. The number of thioether (sulfide) groups is 1. The summed E-state index contributed by atoms with van der Waals surface area (Å²) in [5.41, 5.74) is 0.356. The van der Waals surface area contributed by atoms with Gasteiger partial charge in [0.15, 0.2) is 0 Å². The highest BCUT2D eigenvalue weighted by Crippen LogP contribution is 2.52. The molecule has 1 aromatic carbocycles.